The highest BCUT2D eigenvalue weighted by atomic mass is 16.4. The summed E-state index contributed by atoms with van der Waals surface area (Å²) in [6.07, 6.45) is 2.71. The van der Waals surface area contributed by atoms with Crippen molar-refractivity contribution in [2.45, 2.75) is 0 Å². The third-order valence-corrected chi connectivity index (χ3v) is 3.92. The molecule has 1 saturated heterocycles. The molecule has 8 heteroatoms. The Morgan fingerprint density at radius 3 is 1.38 bits per heavy atom. The highest BCUT2D eigenvalue weighted by molar-refractivity contribution is 5.87. The van der Waals surface area contributed by atoms with Crippen molar-refractivity contribution in [3.05, 3.63) is 47.8 Å². The van der Waals surface area contributed by atoms with Crippen LogP contribution in [0.2, 0.25) is 0 Å². The van der Waals surface area contributed by atoms with E-state index < -0.39 is 11.9 Å². The molecule has 3 rings (SSSR count). The van der Waals surface area contributed by atoms with E-state index >= 15 is 0 Å². The number of nitrogens with zero attached hydrogens (tertiary/aromatic N) is 4. The van der Waals surface area contributed by atoms with Gasteiger partial charge in [-0.25, -0.2) is 19.6 Å². The van der Waals surface area contributed by atoms with Crippen LogP contribution >= 0.6 is 0 Å². The molecule has 8 nitrogen and oxygen atoms in total. The first-order chi connectivity index (χ1) is 11.5. The van der Waals surface area contributed by atoms with Gasteiger partial charge in [0, 0.05) is 38.6 Å². The maximum atomic E-state index is 10.9. The summed E-state index contributed by atoms with van der Waals surface area (Å²) in [5.41, 5.74) is 0.334. The van der Waals surface area contributed by atoms with Crippen molar-refractivity contribution in [3.63, 3.8) is 0 Å². The van der Waals surface area contributed by atoms with Crippen LogP contribution in [0, 0.1) is 0 Å². The molecule has 1 aliphatic rings. The number of carboxylic acids is 2. The molecule has 0 bridgehead atoms. The SMILES string of the molecule is O=C(O)c1ccc(N2CCN(c3ccc(C(=O)O)cn3)CC2)nc1. The van der Waals surface area contributed by atoms with E-state index in [4.69, 9.17) is 10.2 Å². The molecule has 2 aromatic rings. The molecule has 24 heavy (non-hydrogen) atoms. The zero-order valence-corrected chi connectivity index (χ0v) is 12.8. The summed E-state index contributed by atoms with van der Waals surface area (Å²) in [7, 11) is 0. The number of rotatable bonds is 4. The number of aromatic nitrogens is 2. The molecule has 0 amide bonds. The van der Waals surface area contributed by atoms with Crippen LogP contribution in [0.4, 0.5) is 11.6 Å². The molecule has 0 aliphatic carbocycles. The van der Waals surface area contributed by atoms with Crippen molar-refractivity contribution >= 4 is 23.6 Å². The molecule has 124 valence electrons. The third kappa shape index (κ3) is 3.27. The lowest BCUT2D eigenvalue weighted by Gasteiger charge is -2.36. The van der Waals surface area contributed by atoms with Crippen molar-refractivity contribution in [1.29, 1.82) is 0 Å². The van der Waals surface area contributed by atoms with E-state index in [2.05, 4.69) is 19.8 Å². The fourth-order valence-corrected chi connectivity index (χ4v) is 2.56. The lowest BCUT2D eigenvalue weighted by Crippen LogP contribution is -2.47. The monoisotopic (exact) mass is 328 g/mol. The number of piperazine rings is 1. The predicted molar refractivity (Wildman–Crippen MR) is 86.8 cm³/mol. The van der Waals surface area contributed by atoms with Crippen LogP contribution in [0.3, 0.4) is 0 Å². The van der Waals surface area contributed by atoms with Gasteiger partial charge in [0.05, 0.1) is 11.1 Å². The number of carboxylic acid groups (broad SMARTS) is 2. The zero-order chi connectivity index (χ0) is 17.1. The molecular weight excluding hydrogens is 312 g/mol. The van der Waals surface area contributed by atoms with Gasteiger partial charge in [-0.2, -0.15) is 0 Å². The third-order valence-electron chi connectivity index (χ3n) is 3.92. The average molecular weight is 328 g/mol. The van der Waals surface area contributed by atoms with Crippen molar-refractivity contribution < 1.29 is 19.8 Å². The summed E-state index contributed by atoms with van der Waals surface area (Å²) in [6.45, 7) is 2.90. The summed E-state index contributed by atoms with van der Waals surface area (Å²) >= 11 is 0. The van der Waals surface area contributed by atoms with E-state index in [9.17, 15) is 9.59 Å². The van der Waals surface area contributed by atoms with Gasteiger partial charge in [-0.1, -0.05) is 0 Å². The number of aromatic carboxylic acids is 2. The van der Waals surface area contributed by atoms with Crippen LogP contribution in [-0.4, -0.2) is 58.3 Å². The van der Waals surface area contributed by atoms with Crippen molar-refractivity contribution in [3.8, 4) is 0 Å². The number of hydrogen-bond donors (Lipinski definition) is 2. The summed E-state index contributed by atoms with van der Waals surface area (Å²) in [5, 5.41) is 17.8. The largest absolute Gasteiger partial charge is 0.478 e. The van der Waals surface area contributed by atoms with Gasteiger partial charge in [-0.3, -0.25) is 0 Å². The lowest BCUT2D eigenvalue weighted by molar-refractivity contribution is 0.0685. The van der Waals surface area contributed by atoms with Gasteiger partial charge in [0.1, 0.15) is 11.6 Å². The highest BCUT2D eigenvalue weighted by Crippen LogP contribution is 2.18. The lowest BCUT2D eigenvalue weighted by atomic mass is 10.2. The molecular formula is C16H16N4O4. The van der Waals surface area contributed by atoms with E-state index in [1.807, 2.05) is 0 Å². The summed E-state index contributed by atoms with van der Waals surface area (Å²) in [5.74, 6) is -0.493. The second kappa shape index (κ2) is 6.53. The van der Waals surface area contributed by atoms with E-state index in [0.29, 0.717) is 0 Å². The Morgan fingerprint density at radius 1 is 0.750 bits per heavy atom. The summed E-state index contributed by atoms with van der Waals surface area (Å²) < 4.78 is 0. The first-order valence-corrected chi connectivity index (χ1v) is 7.43. The molecule has 0 saturated carbocycles. The van der Waals surface area contributed by atoms with Gasteiger partial charge >= 0.3 is 11.9 Å². The minimum atomic E-state index is -0.991. The first-order valence-electron chi connectivity index (χ1n) is 7.43. The van der Waals surface area contributed by atoms with Crippen LogP contribution < -0.4 is 9.80 Å². The molecule has 1 aliphatic heterocycles. The maximum absolute atomic E-state index is 10.9. The Balaban J connectivity index is 1.62. The van der Waals surface area contributed by atoms with E-state index in [1.165, 1.54) is 12.4 Å². The second-order valence-corrected chi connectivity index (χ2v) is 5.39. The topological polar surface area (TPSA) is 107 Å². The molecule has 2 N–H and O–H groups in total. The Kier molecular flexibility index (Phi) is 4.28. The quantitative estimate of drug-likeness (QED) is 0.862. The second-order valence-electron chi connectivity index (χ2n) is 5.39. The van der Waals surface area contributed by atoms with Gasteiger partial charge in [-0.15, -0.1) is 0 Å². The molecule has 0 unspecified atom stereocenters. The number of carbonyl (C=O) groups is 2. The van der Waals surface area contributed by atoms with Crippen LogP contribution in [0.1, 0.15) is 20.7 Å². The van der Waals surface area contributed by atoms with E-state index in [0.717, 1.165) is 37.8 Å². The summed E-state index contributed by atoms with van der Waals surface area (Å²) in [6, 6.07) is 6.50. The van der Waals surface area contributed by atoms with Gasteiger partial charge < -0.3 is 20.0 Å². The van der Waals surface area contributed by atoms with Crippen LogP contribution in [0.5, 0.6) is 0 Å². The number of pyridine rings is 2. The smallest absolute Gasteiger partial charge is 0.337 e. The molecule has 3 heterocycles. The van der Waals surface area contributed by atoms with E-state index in [-0.39, 0.29) is 11.1 Å². The Hall–Kier alpha value is -3.16. The normalized spacial score (nSPS) is 14.5. The van der Waals surface area contributed by atoms with Gasteiger partial charge in [-0.05, 0) is 24.3 Å². The Morgan fingerprint density at radius 2 is 1.12 bits per heavy atom. The average Bonchev–Trinajstić information content (AvgIpc) is 2.62. The highest BCUT2D eigenvalue weighted by Gasteiger charge is 2.19. The minimum Gasteiger partial charge on any atom is -0.478 e. The zero-order valence-electron chi connectivity index (χ0n) is 12.8. The Bertz CT molecular complexity index is 672. The molecule has 0 radical (unpaired) electrons. The fourth-order valence-electron chi connectivity index (χ4n) is 2.56. The number of anilines is 2. The van der Waals surface area contributed by atoms with Gasteiger partial charge in [0.25, 0.3) is 0 Å². The van der Waals surface area contributed by atoms with Crippen LogP contribution in [0.25, 0.3) is 0 Å². The van der Waals surface area contributed by atoms with Crippen LogP contribution in [0.15, 0.2) is 36.7 Å². The molecule has 2 aromatic heterocycles. The molecule has 1 fully saturated rings. The van der Waals surface area contributed by atoms with Crippen molar-refractivity contribution in [2.75, 3.05) is 36.0 Å². The summed E-state index contributed by atoms with van der Waals surface area (Å²) in [4.78, 5) is 34.3. The molecule has 0 atom stereocenters. The van der Waals surface area contributed by atoms with Crippen molar-refractivity contribution in [1.82, 2.24) is 9.97 Å². The molecule has 0 aromatic carbocycles. The van der Waals surface area contributed by atoms with Crippen molar-refractivity contribution in [2.24, 2.45) is 0 Å². The van der Waals surface area contributed by atoms with Gasteiger partial charge in [0.15, 0.2) is 0 Å². The first kappa shape index (κ1) is 15.7. The number of hydrogen-bond acceptors (Lipinski definition) is 6. The standard InChI is InChI=1S/C16H16N4O4/c21-15(22)11-1-3-13(17-9-11)19-5-7-20(8-6-19)14-4-2-12(10-18-14)16(23)24/h1-4,9-10H,5-8H2,(H,21,22)(H,23,24). The van der Waals surface area contributed by atoms with Gasteiger partial charge in [0.2, 0.25) is 0 Å². The van der Waals surface area contributed by atoms with E-state index in [1.54, 1.807) is 24.3 Å². The molecule has 0 spiro atoms. The fraction of sp³-hybridized carbons (Fsp3) is 0.250. The maximum Gasteiger partial charge on any atom is 0.337 e. The predicted octanol–water partition coefficient (Wildman–Crippen LogP) is 1.20. The van der Waals surface area contributed by atoms with Crippen LogP contribution in [-0.2, 0) is 0 Å². The Labute approximate surface area is 138 Å². The minimum absolute atomic E-state index is 0.167.